The second kappa shape index (κ2) is 7.80. The zero-order valence-corrected chi connectivity index (χ0v) is 14.3. The molecule has 2 amide bonds. The van der Waals surface area contributed by atoms with E-state index in [4.69, 9.17) is 11.1 Å². The number of hydrogen-bond acceptors (Lipinski definition) is 4. The predicted octanol–water partition coefficient (Wildman–Crippen LogP) is 4.72. The molecule has 1 aliphatic rings. The smallest absolute Gasteiger partial charge is 0.306 e. The Morgan fingerprint density at radius 1 is 0.962 bits per heavy atom. The number of aliphatic imine (C=N–C) groups is 1. The zero-order valence-electron chi connectivity index (χ0n) is 14.3. The molecular weight excluding hydrogens is 336 g/mol. The van der Waals surface area contributed by atoms with Crippen LogP contribution in [0.1, 0.15) is 19.4 Å². The maximum absolute atomic E-state index is 12.3. The van der Waals surface area contributed by atoms with Gasteiger partial charge in [-0.05, 0) is 55.1 Å². The van der Waals surface area contributed by atoms with Crippen molar-refractivity contribution in [2.24, 2.45) is 15.2 Å². The number of carbonyl (C=O) groups is 2. The molecule has 0 spiro atoms. The number of urea groups is 1. The minimum Gasteiger partial charge on any atom is -0.306 e. The van der Waals surface area contributed by atoms with Crippen molar-refractivity contribution in [3.05, 3.63) is 73.3 Å². The van der Waals surface area contributed by atoms with Crippen molar-refractivity contribution in [1.82, 2.24) is 0 Å². The highest BCUT2D eigenvalue weighted by Crippen LogP contribution is 2.27. The Morgan fingerprint density at radius 2 is 1.46 bits per heavy atom. The van der Waals surface area contributed by atoms with E-state index in [1.165, 1.54) is 13.8 Å². The summed E-state index contributed by atoms with van der Waals surface area (Å²) >= 11 is 0. The van der Waals surface area contributed by atoms with Crippen LogP contribution < -0.4 is 5.32 Å². The molecule has 1 aliphatic carbocycles. The number of rotatable bonds is 3. The Labute approximate surface area is 148 Å². The van der Waals surface area contributed by atoms with E-state index in [-0.39, 0.29) is 28.3 Å². The van der Waals surface area contributed by atoms with Gasteiger partial charge in [-0.2, -0.15) is 4.99 Å². The Balaban J connectivity index is 2.48. The number of aryl methyl sites for hydroxylation is 1. The van der Waals surface area contributed by atoms with Gasteiger partial charge in [-0.3, -0.25) is 4.79 Å². The van der Waals surface area contributed by atoms with Crippen LogP contribution in [0.3, 0.4) is 0 Å². The molecule has 0 heterocycles. The Morgan fingerprint density at radius 3 is 1.92 bits per heavy atom. The van der Waals surface area contributed by atoms with Gasteiger partial charge >= 0.3 is 6.03 Å². The van der Waals surface area contributed by atoms with E-state index in [0.717, 1.165) is 5.56 Å². The monoisotopic (exact) mass is 350 g/mol. The lowest BCUT2D eigenvalue weighted by Crippen LogP contribution is -2.22. The predicted molar refractivity (Wildman–Crippen MR) is 96.3 cm³/mol. The van der Waals surface area contributed by atoms with Crippen LogP contribution in [-0.2, 0) is 4.79 Å². The molecule has 0 aliphatic heterocycles. The van der Waals surface area contributed by atoms with Gasteiger partial charge in [0.05, 0.1) is 17.1 Å². The van der Waals surface area contributed by atoms with E-state index in [2.05, 4.69) is 30.4 Å². The van der Waals surface area contributed by atoms with E-state index >= 15 is 0 Å². The van der Waals surface area contributed by atoms with Crippen LogP contribution in [0.4, 0.5) is 10.5 Å². The number of ketones is 1. The highest BCUT2D eigenvalue weighted by molar-refractivity contribution is 6.28. The fourth-order valence-corrected chi connectivity index (χ4v) is 2.35. The molecule has 130 valence electrons. The van der Waals surface area contributed by atoms with Crippen LogP contribution in [0.2, 0.25) is 0 Å². The Kier molecular flexibility index (Phi) is 5.54. The first-order valence-corrected chi connectivity index (χ1v) is 7.42. The lowest BCUT2D eigenvalue weighted by Gasteiger charge is -2.18. The van der Waals surface area contributed by atoms with Gasteiger partial charge in [0, 0.05) is 15.5 Å². The highest BCUT2D eigenvalue weighted by atomic mass is 16.2. The first-order valence-electron chi connectivity index (χ1n) is 7.42. The summed E-state index contributed by atoms with van der Waals surface area (Å²) in [4.78, 5) is 33.7. The minimum absolute atomic E-state index is 0.110. The summed E-state index contributed by atoms with van der Waals surface area (Å²) in [5.74, 6) is -0.714. The standard InChI is InChI=1S/C16H14N8O2/c1-8-4-6-11(7-5-8)19-16(26)20-12-9(2)13(21-23-17)15(25)14(10(12)3)22-24-18/h4-7H,1-3H3,(H,19,26). The molecule has 0 atom stereocenters. The largest absolute Gasteiger partial charge is 0.345 e. The summed E-state index contributed by atoms with van der Waals surface area (Å²) in [7, 11) is 0. The summed E-state index contributed by atoms with van der Waals surface area (Å²) in [6.07, 6.45) is 0. The van der Waals surface area contributed by atoms with Crippen molar-refractivity contribution in [2.75, 3.05) is 5.32 Å². The molecular formula is C16H14N8O2. The van der Waals surface area contributed by atoms with Crippen molar-refractivity contribution in [3.8, 4) is 0 Å². The number of allylic oxidation sites excluding steroid dienone is 2. The van der Waals surface area contributed by atoms with Gasteiger partial charge < -0.3 is 5.32 Å². The number of anilines is 1. The Bertz CT molecular complexity index is 926. The number of nitrogens with one attached hydrogen (secondary N) is 1. The number of carbonyl (C=O) groups excluding carboxylic acids is 2. The number of hydrogen-bond donors (Lipinski definition) is 1. The topological polar surface area (TPSA) is 156 Å². The van der Waals surface area contributed by atoms with E-state index < -0.39 is 11.8 Å². The van der Waals surface area contributed by atoms with E-state index in [1.54, 1.807) is 12.1 Å². The molecule has 2 rings (SSSR count). The normalized spacial score (nSPS) is 13.8. The van der Waals surface area contributed by atoms with Crippen molar-refractivity contribution >= 4 is 23.2 Å². The number of nitrogens with zero attached hydrogens (tertiary/aromatic N) is 7. The van der Waals surface area contributed by atoms with E-state index in [1.807, 2.05) is 19.1 Å². The van der Waals surface area contributed by atoms with Crippen LogP contribution in [0, 0.1) is 6.92 Å². The van der Waals surface area contributed by atoms with Gasteiger partial charge in [-0.15, -0.1) is 0 Å². The SMILES string of the molecule is CC1=C(N=[N+]=[N-])C(=O)C(N=[N+]=[N-])=C(C)C1=NC(=O)Nc1ccc(C)cc1. The van der Waals surface area contributed by atoms with Crippen LogP contribution in [0.25, 0.3) is 20.9 Å². The quantitative estimate of drug-likeness (QED) is 0.362. The van der Waals surface area contributed by atoms with Gasteiger partial charge in [0.15, 0.2) is 5.78 Å². The summed E-state index contributed by atoms with van der Waals surface area (Å²) in [5.41, 5.74) is 18.9. The van der Waals surface area contributed by atoms with Crippen molar-refractivity contribution < 1.29 is 9.59 Å². The fourth-order valence-electron chi connectivity index (χ4n) is 2.35. The molecule has 10 heteroatoms. The second-order valence-corrected chi connectivity index (χ2v) is 5.41. The molecule has 0 saturated carbocycles. The third-order valence-electron chi connectivity index (χ3n) is 3.66. The molecule has 0 saturated heterocycles. The number of benzene rings is 1. The minimum atomic E-state index is -0.714. The summed E-state index contributed by atoms with van der Waals surface area (Å²) in [6.45, 7) is 4.91. The third kappa shape index (κ3) is 3.78. The van der Waals surface area contributed by atoms with Crippen LogP contribution in [-0.4, -0.2) is 17.5 Å². The number of azide groups is 2. The molecule has 1 N–H and O–H groups in total. The molecule has 1 aromatic rings. The van der Waals surface area contributed by atoms with Gasteiger partial charge in [0.25, 0.3) is 0 Å². The van der Waals surface area contributed by atoms with Gasteiger partial charge in [-0.25, -0.2) is 4.79 Å². The van der Waals surface area contributed by atoms with Gasteiger partial charge in [0.2, 0.25) is 0 Å². The lowest BCUT2D eigenvalue weighted by atomic mass is 9.92. The first kappa shape index (κ1) is 18.5. The maximum atomic E-state index is 12.3. The van der Waals surface area contributed by atoms with Crippen molar-refractivity contribution in [2.45, 2.75) is 20.8 Å². The first-order chi connectivity index (χ1) is 12.4. The van der Waals surface area contributed by atoms with E-state index in [0.29, 0.717) is 5.69 Å². The average Bonchev–Trinajstić information content (AvgIpc) is 2.61. The average molecular weight is 350 g/mol. The second-order valence-electron chi connectivity index (χ2n) is 5.41. The number of Topliss-reactive ketones (excluding diaryl/α,β-unsaturated/α-hetero) is 1. The molecule has 0 radical (unpaired) electrons. The zero-order chi connectivity index (χ0) is 19.3. The van der Waals surface area contributed by atoms with Gasteiger partial charge in [-0.1, -0.05) is 27.9 Å². The lowest BCUT2D eigenvalue weighted by molar-refractivity contribution is -0.112. The summed E-state index contributed by atoms with van der Waals surface area (Å²) in [5, 5.41) is 9.29. The van der Waals surface area contributed by atoms with Crippen molar-refractivity contribution in [3.63, 3.8) is 0 Å². The molecule has 0 fully saturated rings. The van der Waals surface area contributed by atoms with Crippen LogP contribution >= 0.6 is 0 Å². The molecule has 1 aromatic carbocycles. The van der Waals surface area contributed by atoms with E-state index in [9.17, 15) is 9.59 Å². The molecule has 0 bridgehead atoms. The van der Waals surface area contributed by atoms with Crippen LogP contribution in [0.5, 0.6) is 0 Å². The highest BCUT2D eigenvalue weighted by Gasteiger charge is 2.28. The van der Waals surface area contributed by atoms with Crippen LogP contribution in [0.15, 0.2) is 62.0 Å². The maximum Gasteiger partial charge on any atom is 0.345 e. The number of amides is 2. The third-order valence-corrected chi connectivity index (χ3v) is 3.66. The molecule has 0 aromatic heterocycles. The fraction of sp³-hybridized carbons (Fsp3) is 0.188. The van der Waals surface area contributed by atoms with Gasteiger partial charge in [0.1, 0.15) is 0 Å². The molecule has 0 unspecified atom stereocenters. The van der Waals surface area contributed by atoms with Crippen molar-refractivity contribution in [1.29, 1.82) is 0 Å². The summed E-state index contributed by atoms with van der Waals surface area (Å²) in [6, 6.07) is 6.42. The summed E-state index contributed by atoms with van der Waals surface area (Å²) < 4.78 is 0. The molecule has 10 nitrogen and oxygen atoms in total. The Hall–Kier alpha value is -3.87. The molecule has 26 heavy (non-hydrogen) atoms.